The minimum Gasteiger partial charge on any atom is -0.439 e. The summed E-state index contributed by atoms with van der Waals surface area (Å²) in [6.07, 6.45) is -1.60. The van der Waals surface area contributed by atoms with Crippen molar-refractivity contribution in [3.05, 3.63) is 76.8 Å². The summed E-state index contributed by atoms with van der Waals surface area (Å²) in [5, 5.41) is 6.32. The predicted molar refractivity (Wildman–Crippen MR) is 115 cm³/mol. The van der Waals surface area contributed by atoms with Crippen LogP contribution < -0.4 is 15.4 Å². The molecule has 7 nitrogen and oxygen atoms in total. The molecule has 0 radical (unpaired) electrons. The Kier molecular flexibility index (Phi) is 5.18. The number of benzene rings is 2. The number of halogens is 4. The number of ether oxygens (including phenoxy) is 1. The highest BCUT2D eigenvalue weighted by Gasteiger charge is 2.31. The molecule has 1 aliphatic rings. The molecule has 0 fully saturated rings. The van der Waals surface area contributed by atoms with E-state index in [2.05, 4.69) is 20.6 Å². The molecule has 5 rings (SSSR count). The fourth-order valence-electron chi connectivity index (χ4n) is 3.60. The highest BCUT2D eigenvalue weighted by atomic mass is 35.5. The molecule has 0 unspecified atom stereocenters. The number of nitrogens with zero attached hydrogens (tertiary/aromatic N) is 3. The summed E-state index contributed by atoms with van der Waals surface area (Å²) in [7, 11) is 0. The van der Waals surface area contributed by atoms with E-state index in [9.17, 15) is 18.0 Å². The van der Waals surface area contributed by atoms with E-state index in [0.717, 1.165) is 29.5 Å². The van der Waals surface area contributed by atoms with Crippen LogP contribution in [0.2, 0.25) is 5.02 Å². The van der Waals surface area contributed by atoms with Gasteiger partial charge in [-0.05, 0) is 42.5 Å². The number of nitrogens with one attached hydrogen (secondary N) is 2. The molecule has 4 aromatic rings. The summed E-state index contributed by atoms with van der Waals surface area (Å²) in [6, 6.07) is 8.89. The Bertz CT molecular complexity index is 1390. The zero-order valence-electron chi connectivity index (χ0n) is 16.8. The summed E-state index contributed by atoms with van der Waals surface area (Å²) < 4.78 is 46.2. The van der Waals surface area contributed by atoms with E-state index >= 15 is 0 Å². The molecule has 2 N–H and O–H groups in total. The van der Waals surface area contributed by atoms with Gasteiger partial charge in [-0.3, -0.25) is 4.57 Å². The van der Waals surface area contributed by atoms with E-state index in [1.54, 1.807) is 24.3 Å². The molecule has 0 saturated carbocycles. The van der Waals surface area contributed by atoms with E-state index in [1.165, 1.54) is 17.1 Å². The number of carbonyl (C=O) groups is 1. The van der Waals surface area contributed by atoms with Crippen molar-refractivity contribution >= 4 is 34.2 Å². The van der Waals surface area contributed by atoms with Crippen molar-refractivity contribution < 1.29 is 22.7 Å². The summed E-state index contributed by atoms with van der Waals surface area (Å²) in [6.45, 7) is 1.27. The smallest absolute Gasteiger partial charge is 0.416 e. The molecule has 11 heteroatoms. The van der Waals surface area contributed by atoms with Crippen LogP contribution in [0.1, 0.15) is 16.8 Å². The number of anilines is 1. The number of aromatic nitrogens is 3. The molecular weight excluding hydrogens is 459 g/mol. The van der Waals surface area contributed by atoms with Crippen LogP contribution in [-0.4, -0.2) is 20.6 Å². The minimum atomic E-state index is -4.56. The molecule has 0 bridgehead atoms. The van der Waals surface area contributed by atoms with Crippen molar-refractivity contribution in [2.24, 2.45) is 0 Å². The van der Waals surface area contributed by atoms with E-state index in [4.69, 9.17) is 16.3 Å². The Morgan fingerprint density at radius 3 is 2.79 bits per heavy atom. The number of hydrogen-bond acceptors (Lipinski definition) is 5. The summed E-state index contributed by atoms with van der Waals surface area (Å²) in [5.41, 5.74) is 1.28. The molecule has 168 valence electrons. The Balaban J connectivity index is 1.39. The van der Waals surface area contributed by atoms with Crippen LogP contribution in [0.5, 0.6) is 11.6 Å². The Morgan fingerprint density at radius 2 is 1.97 bits per heavy atom. The number of rotatable bonds is 3. The molecule has 2 aromatic carbocycles. The van der Waals surface area contributed by atoms with Crippen molar-refractivity contribution in [2.45, 2.75) is 19.3 Å². The van der Waals surface area contributed by atoms with Gasteiger partial charge in [0, 0.05) is 24.7 Å². The van der Waals surface area contributed by atoms with Crippen molar-refractivity contribution in [3.8, 4) is 11.6 Å². The standard InChI is InChI=1S/C22H15ClF3N5O2/c23-16-3-1-13(22(24,25)26)8-17(16)30-21(32)31-6-5-12-7-14(2-4-19(12)31)33-20-15-9-27-10-18(15)28-11-29-20/h1-8,11,27H,9-10H2,(H,30,32). The van der Waals surface area contributed by atoms with Gasteiger partial charge in [0.2, 0.25) is 5.88 Å². The maximum Gasteiger partial charge on any atom is 0.416 e. The molecule has 0 aliphatic carbocycles. The lowest BCUT2D eigenvalue weighted by molar-refractivity contribution is -0.137. The van der Waals surface area contributed by atoms with Gasteiger partial charge in [-0.2, -0.15) is 13.2 Å². The maximum absolute atomic E-state index is 13.0. The largest absolute Gasteiger partial charge is 0.439 e. The maximum atomic E-state index is 13.0. The highest BCUT2D eigenvalue weighted by Crippen LogP contribution is 2.34. The third-order valence-corrected chi connectivity index (χ3v) is 5.55. The molecule has 33 heavy (non-hydrogen) atoms. The van der Waals surface area contributed by atoms with Crippen molar-refractivity contribution in [2.75, 3.05) is 5.32 Å². The second kappa shape index (κ2) is 8.05. The first kappa shape index (κ1) is 21.2. The lowest BCUT2D eigenvalue weighted by Gasteiger charge is -2.12. The van der Waals surface area contributed by atoms with E-state index in [-0.39, 0.29) is 10.7 Å². The highest BCUT2D eigenvalue weighted by molar-refractivity contribution is 6.33. The van der Waals surface area contributed by atoms with Gasteiger partial charge in [0.05, 0.1) is 33.0 Å². The molecule has 3 heterocycles. The third kappa shape index (κ3) is 4.10. The minimum absolute atomic E-state index is 0.00429. The molecule has 0 spiro atoms. The van der Waals surface area contributed by atoms with Gasteiger partial charge in [-0.15, -0.1) is 0 Å². The van der Waals surface area contributed by atoms with Crippen LogP contribution in [-0.2, 0) is 19.3 Å². The molecular formula is C22H15ClF3N5O2. The van der Waals surface area contributed by atoms with Crippen molar-refractivity contribution in [3.63, 3.8) is 0 Å². The second-order valence-corrected chi connectivity index (χ2v) is 7.75. The number of amides is 1. The van der Waals surface area contributed by atoms with Gasteiger partial charge in [0.25, 0.3) is 0 Å². The van der Waals surface area contributed by atoms with Crippen molar-refractivity contribution in [1.82, 2.24) is 19.9 Å². The first-order chi connectivity index (χ1) is 15.8. The van der Waals surface area contributed by atoms with Gasteiger partial charge >= 0.3 is 12.2 Å². The van der Waals surface area contributed by atoms with Crippen molar-refractivity contribution in [1.29, 1.82) is 0 Å². The van der Waals surface area contributed by atoms with Gasteiger partial charge in [-0.25, -0.2) is 14.8 Å². The van der Waals surface area contributed by atoms with Crippen LogP contribution in [0.15, 0.2) is 55.0 Å². The normalized spacial score (nSPS) is 13.2. The quantitative estimate of drug-likeness (QED) is 0.406. The van der Waals surface area contributed by atoms with Gasteiger partial charge < -0.3 is 15.4 Å². The zero-order chi connectivity index (χ0) is 23.2. The fraction of sp³-hybridized carbons (Fsp3) is 0.136. The Labute approximate surface area is 190 Å². The predicted octanol–water partition coefficient (Wildman–Crippen LogP) is 5.58. The summed E-state index contributed by atoms with van der Waals surface area (Å²) >= 11 is 5.99. The van der Waals surface area contributed by atoms with E-state index < -0.39 is 17.8 Å². The number of hydrogen-bond donors (Lipinski definition) is 2. The molecule has 1 amide bonds. The van der Waals surface area contributed by atoms with E-state index in [0.29, 0.717) is 35.6 Å². The number of fused-ring (bicyclic) bond motifs is 2. The van der Waals surface area contributed by atoms with E-state index in [1.807, 2.05) is 0 Å². The monoisotopic (exact) mass is 473 g/mol. The van der Waals surface area contributed by atoms with Gasteiger partial charge in [0.15, 0.2) is 0 Å². The first-order valence-electron chi connectivity index (χ1n) is 9.80. The Hall–Kier alpha value is -3.63. The fourth-order valence-corrected chi connectivity index (χ4v) is 3.76. The molecule has 2 aromatic heterocycles. The summed E-state index contributed by atoms with van der Waals surface area (Å²) in [5.74, 6) is 0.982. The summed E-state index contributed by atoms with van der Waals surface area (Å²) in [4.78, 5) is 21.2. The van der Waals surface area contributed by atoms with Gasteiger partial charge in [-0.1, -0.05) is 11.6 Å². The Morgan fingerprint density at radius 1 is 1.12 bits per heavy atom. The third-order valence-electron chi connectivity index (χ3n) is 5.22. The van der Waals surface area contributed by atoms with Crippen LogP contribution in [0.4, 0.5) is 23.7 Å². The SMILES string of the molecule is O=C(Nc1cc(C(F)(F)F)ccc1Cl)n1ccc2cc(Oc3ncnc4c3CNC4)ccc21. The van der Waals surface area contributed by atoms with Crippen LogP contribution in [0.25, 0.3) is 10.9 Å². The first-order valence-corrected chi connectivity index (χ1v) is 10.2. The van der Waals surface area contributed by atoms with Crippen LogP contribution >= 0.6 is 11.6 Å². The second-order valence-electron chi connectivity index (χ2n) is 7.34. The molecule has 0 atom stereocenters. The zero-order valence-corrected chi connectivity index (χ0v) is 17.5. The lowest BCUT2D eigenvalue weighted by Crippen LogP contribution is -2.19. The average Bonchev–Trinajstić information content (AvgIpc) is 3.42. The lowest BCUT2D eigenvalue weighted by atomic mass is 10.2. The average molecular weight is 474 g/mol. The van der Waals surface area contributed by atoms with Crippen LogP contribution in [0.3, 0.4) is 0 Å². The molecule has 1 aliphatic heterocycles. The molecule has 0 saturated heterocycles. The van der Waals surface area contributed by atoms with Gasteiger partial charge in [0.1, 0.15) is 12.1 Å². The topological polar surface area (TPSA) is 81.1 Å². The van der Waals surface area contributed by atoms with Crippen LogP contribution in [0, 0.1) is 0 Å². The number of carbonyl (C=O) groups excluding carboxylic acids is 1. The number of alkyl halides is 3.